The third kappa shape index (κ3) is 5.07. The highest BCUT2D eigenvalue weighted by Gasteiger charge is 2.03. The number of carbonyl (C=O) groups excluding carboxylic acids is 1. The molecule has 1 aromatic carbocycles. The minimum Gasteiger partial charge on any atom is -0.370 e. The zero-order valence-corrected chi connectivity index (χ0v) is 13.7. The summed E-state index contributed by atoms with van der Waals surface area (Å²) in [6.45, 7) is 1.32. The molecule has 25 heavy (non-hydrogen) atoms. The van der Waals surface area contributed by atoms with Crippen LogP contribution in [0, 0.1) is 0 Å². The summed E-state index contributed by atoms with van der Waals surface area (Å²) in [6, 6.07) is 14.9. The molecule has 0 bridgehead atoms. The summed E-state index contributed by atoms with van der Waals surface area (Å²) < 4.78 is 1.74. The molecule has 7 nitrogen and oxygen atoms in total. The Hall–Kier alpha value is -3.35. The van der Waals surface area contributed by atoms with Gasteiger partial charge in [-0.2, -0.15) is 5.10 Å². The molecule has 0 unspecified atom stereocenters. The second kappa shape index (κ2) is 8.49. The van der Waals surface area contributed by atoms with Gasteiger partial charge in [-0.25, -0.2) is 14.5 Å². The Kier molecular flexibility index (Phi) is 5.60. The summed E-state index contributed by atoms with van der Waals surface area (Å²) in [7, 11) is 0. The fourth-order valence-corrected chi connectivity index (χ4v) is 2.30. The molecule has 0 spiro atoms. The van der Waals surface area contributed by atoms with Crippen LogP contribution in [-0.2, 0) is 0 Å². The molecular formula is C18H20N6O. The molecule has 7 heteroatoms. The van der Waals surface area contributed by atoms with Crippen LogP contribution in [0.25, 0.3) is 5.69 Å². The molecule has 3 N–H and O–H groups in total. The van der Waals surface area contributed by atoms with Gasteiger partial charge in [0.05, 0.1) is 5.69 Å². The van der Waals surface area contributed by atoms with Gasteiger partial charge >= 0.3 is 6.03 Å². The third-order valence-electron chi connectivity index (χ3n) is 3.48. The fraction of sp³-hybridized carbons (Fsp3) is 0.167. The van der Waals surface area contributed by atoms with Crippen LogP contribution in [0.5, 0.6) is 0 Å². The van der Waals surface area contributed by atoms with Crippen molar-refractivity contribution < 1.29 is 4.79 Å². The molecule has 0 aliphatic rings. The Morgan fingerprint density at radius 1 is 1.04 bits per heavy atom. The first kappa shape index (κ1) is 16.5. The zero-order chi connectivity index (χ0) is 17.3. The summed E-state index contributed by atoms with van der Waals surface area (Å²) >= 11 is 0. The predicted octanol–water partition coefficient (Wildman–Crippen LogP) is 2.89. The largest absolute Gasteiger partial charge is 0.370 e. The van der Waals surface area contributed by atoms with Crippen molar-refractivity contribution in [2.45, 2.75) is 6.42 Å². The van der Waals surface area contributed by atoms with E-state index in [0.717, 1.165) is 30.2 Å². The number of nitrogens with zero attached hydrogens (tertiary/aromatic N) is 3. The molecule has 0 aliphatic carbocycles. The number of hydrogen-bond acceptors (Lipinski definition) is 4. The number of rotatable bonds is 7. The first-order chi connectivity index (χ1) is 12.3. The number of nitrogens with one attached hydrogen (secondary N) is 3. The van der Waals surface area contributed by atoms with Crippen molar-refractivity contribution in [1.82, 2.24) is 20.1 Å². The van der Waals surface area contributed by atoms with Crippen LogP contribution in [0.1, 0.15) is 6.42 Å². The van der Waals surface area contributed by atoms with Crippen molar-refractivity contribution in [1.29, 1.82) is 0 Å². The lowest BCUT2D eigenvalue weighted by Gasteiger charge is -2.09. The van der Waals surface area contributed by atoms with Gasteiger partial charge in [-0.1, -0.05) is 12.1 Å². The second-order valence-electron chi connectivity index (χ2n) is 5.38. The number of pyridine rings is 1. The van der Waals surface area contributed by atoms with E-state index in [-0.39, 0.29) is 6.03 Å². The van der Waals surface area contributed by atoms with Crippen LogP contribution >= 0.6 is 0 Å². The highest BCUT2D eigenvalue weighted by molar-refractivity contribution is 5.89. The van der Waals surface area contributed by atoms with E-state index in [4.69, 9.17) is 0 Å². The molecule has 128 valence electrons. The van der Waals surface area contributed by atoms with Gasteiger partial charge in [-0.3, -0.25) is 0 Å². The molecule has 3 aromatic rings. The summed E-state index contributed by atoms with van der Waals surface area (Å²) in [5.41, 5.74) is 1.61. The maximum absolute atomic E-state index is 12.0. The Bertz CT molecular complexity index is 788. The average Bonchev–Trinajstić information content (AvgIpc) is 3.17. The normalized spacial score (nSPS) is 10.2. The van der Waals surface area contributed by atoms with E-state index < -0.39 is 0 Å². The minimum absolute atomic E-state index is 0.226. The molecule has 0 fully saturated rings. The summed E-state index contributed by atoms with van der Waals surface area (Å²) in [5, 5.41) is 13.0. The van der Waals surface area contributed by atoms with E-state index in [0.29, 0.717) is 6.54 Å². The Labute approximate surface area is 146 Å². The maximum Gasteiger partial charge on any atom is 0.319 e. The van der Waals surface area contributed by atoms with Crippen LogP contribution in [0.15, 0.2) is 67.1 Å². The fourth-order valence-electron chi connectivity index (χ4n) is 2.30. The smallest absolute Gasteiger partial charge is 0.319 e. The zero-order valence-electron chi connectivity index (χ0n) is 13.7. The minimum atomic E-state index is -0.226. The second-order valence-corrected chi connectivity index (χ2v) is 5.38. The van der Waals surface area contributed by atoms with Gasteiger partial charge < -0.3 is 16.0 Å². The number of aromatic nitrogens is 3. The van der Waals surface area contributed by atoms with Gasteiger partial charge in [-0.05, 0) is 42.8 Å². The lowest BCUT2D eigenvalue weighted by Crippen LogP contribution is -2.30. The van der Waals surface area contributed by atoms with E-state index >= 15 is 0 Å². The lowest BCUT2D eigenvalue weighted by atomic mass is 10.3. The van der Waals surface area contributed by atoms with Gasteiger partial charge in [-0.15, -0.1) is 0 Å². The number of hydrogen-bond donors (Lipinski definition) is 3. The van der Waals surface area contributed by atoms with Crippen molar-refractivity contribution in [3.8, 4) is 5.69 Å². The molecule has 2 amide bonds. The van der Waals surface area contributed by atoms with Crippen LogP contribution in [0.2, 0.25) is 0 Å². The van der Waals surface area contributed by atoms with Gasteiger partial charge in [0.1, 0.15) is 5.82 Å². The molecular weight excluding hydrogens is 316 g/mol. The lowest BCUT2D eigenvalue weighted by molar-refractivity contribution is 0.252. The molecule has 2 heterocycles. The molecule has 0 saturated heterocycles. The van der Waals surface area contributed by atoms with E-state index in [2.05, 4.69) is 26.0 Å². The van der Waals surface area contributed by atoms with Crippen LogP contribution in [-0.4, -0.2) is 33.9 Å². The monoisotopic (exact) mass is 336 g/mol. The van der Waals surface area contributed by atoms with Gasteiger partial charge in [0.25, 0.3) is 0 Å². The van der Waals surface area contributed by atoms with Gasteiger partial charge in [0, 0.05) is 37.4 Å². The quantitative estimate of drug-likeness (QED) is 0.579. The third-order valence-corrected chi connectivity index (χ3v) is 3.48. The van der Waals surface area contributed by atoms with Crippen LogP contribution in [0.4, 0.5) is 16.3 Å². The number of amides is 2. The molecule has 0 aliphatic heterocycles. The topological polar surface area (TPSA) is 83.9 Å². The van der Waals surface area contributed by atoms with Crippen molar-refractivity contribution in [2.75, 3.05) is 23.7 Å². The van der Waals surface area contributed by atoms with E-state index in [9.17, 15) is 4.79 Å². The number of urea groups is 1. The standard InChI is InChI=1S/C18H20N6O/c25-18(21-11-4-10-20-17-8-1-2-9-19-17)23-15-6-3-7-16(14-15)24-13-5-12-22-24/h1-3,5-9,12-14H,4,10-11H2,(H,19,20)(H2,21,23,25). The maximum atomic E-state index is 12.0. The summed E-state index contributed by atoms with van der Waals surface area (Å²) in [5.74, 6) is 0.836. The number of benzene rings is 1. The SMILES string of the molecule is O=C(NCCCNc1ccccn1)Nc1cccc(-n2cccn2)c1. The Balaban J connectivity index is 1.40. The Morgan fingerprint density at radius 3 is 2.80 bits per heavy atom. The molecule has 0 saturated carbocycles. The predicted molar refractivity (Wildman–Crippen MR) is 97.9 cm³/mol. The Morgan fingerprint density at radius 2 is 2.00 bits per heavy atom. The molecule has 3 rings (SSSR count). The van der Waals surface area contributed by atoms with E-state index in [1.165, 1.54) is 0 Å². The molecule has 0 radical (unpaired) electrons. The average molecular weight is 336 g/mol. The molecule has 0 atom stereocenters. The van der Waals surface area contributed by atoms with E-state index in [1.54, 1.807) is 17.1 Å². The number of carbonyl (C=O) groups is 1. The van der Waals surface area contributed by atoms with Crippen molar-refractivity contribution >= 4 is 17.5 Å². The van der Waals surface area contributed by atoms with Crippen molar-refractivity contribution in [3.05, 3.63) is 67.1 Å². The van der Waals surface area contributed by atoms with Crippen LogP contribution in [0.3, 0.4) is 0 Å². The van der Waals surface area contributed by atoms with E-state index in [1.807, 2.05) is 54.7 Å². The highest BCUT2D eigenvalue weighted by Crippen LogP contribution is 2.13. The van der Waals surface area contributed by atoms with Crippen molar-refractivity contribution in [2.24, 2.45) is 0 Å². The number of anilines is 2. The summed E-state index contributed by atoms with van der Waals surface area (Å²) in [6.07, 6.45) is 6.11. The van der Waals surface area contributed by atoms with Gasteiger partial charge in [0.15, 0.2) is 0 Å². The summed E-state index contributed by atoms with van der Waals surface area (Å²) in [4.78, 5) is 16.1. The first-order valence-electron chi connectivity index (χ1n) is 8.11. The molecule has 2 aromatic heterocycles. The van der Waals surface area contributed by atoms with Gasteiger partial charge in [0.2, 0.25) is 0 Å². The highest BCUT2D eigenvalue weighted by atomic mass is 16.2. The van der Waals surface area contributed by atoms with Crippen LogP contribution < -0.4 is 16.0 Å². The first-order valence-corrected chi connectivity index (χ1v) is 8.11. The van der Waals surface area contributed by atoms with Crippen molar-refractivity contribution in [3.63, 3.8) is 0 Å².